The Balaban J connectivity index is 1.59. The normalized spacial score (nSPS) is 33.4. The fourth-order valence-electron chi connectivity index (χ4n) is 2.16. The van der Waals surface area contributed by atoms with Gasteiger partial charge in [-0.05, 0) is 13.8 Å². The highest BCUT2D eigenvalue weighted by molar-refractivity contribution is 5.69. The van der Waals surface area contributed by atoms with E-state index in [9.17, 15) is 0 Å². The molecule has 1 N–H and O–H groups in total. The van der Waals surface area contributed by atoms with E-state index in [0.717, 1.165) is 6.42 Å². The Kier molecular flexibility index (Phi) is 4.21. The zero-order chi connectivity index (χ0) is 13.2. The predicted octanol–water partition coefficient (Wildman–Crippen LogP) is 1.28. The molecule has 2 saturated heterocycles. The van der Waals surface area contributed by atoms with Gasteiger partial charge in [-0.1, -0.05) is 0 Å². The largest absolute Gasteiger partial charge is 0.479 e. The lowest BCUT2D eigenvalue weighted by Crippen LogP contribution is -2.26. The summed E-state index contributed by atoms with van der Waals surface area (Å²) in [5, 5.41) is 7.08. The van der Waals surface area contributed by atoms with Gasteiger partial charge < -0.3 is 23.7 Å². The monoisotopic (exact) mass is 259 g/mol. The summed E-state index contributed by atoms with van der Waals surface area (Å²) in [6, 6.07) is 0. The Hall–Kier alpha value is -0.690. The molecule has 0 aromatic rings. The second-order valence-corrected chi connectivity index (χ2v) is 5.02. The van der Waals surface area contributed by atoms with E-state index in [4.69, 9.17) is 29.1 Å². The van der Waals surface area contributed by atoms with Crippen LogP contribution in [0.2, 0.25) is 0 Å². The Morgan fingerprint density at radius 2 is 2.11 bits per heavy atom. The summed E-state index contributed by atoms with van der Waals surface area (Å²) in [4.78, 5) is 0. The van der Waals surface area contributed by atoms with Gasteiger partial charge in [0.1, 0.15) is 12.7 Å². The van der Waals surface area contributed by atoms with Crippen molar-refractivity contribution >= 4 is 5.90 Å². The average Bonchev–Trinajstić information content (AvgIpc) is 2.69. The SMILES string of the molecule is CC(=N)OCCOCC1CC2OC(C)(C)OC2O1. The molecular weight excluding hydrogens is 238 g/mol. The summed E-state index contributed by atoms with van der Waals surface area (Å²) in [6.07, 6.45) is 0.540. The molecule has 104 valence electrons. The van der Waals surface area contributed by atoms with Crippen LogP contribution in [0.15, 0.2) is 0 Å². The van der Waals surface area contributed by atoms with Gasteiger partial charge >= 0.3 is 0 Å². The van der Waals surface area contributed by atoms with E-state index in [-0.39, 0.29) is 24.4 Å². The molecule has 3 unspecified atom stereocenters. The maximum atomic E-state index is 7.08. The Labute approximate surface area is 107 Å². The van der Waals surface area contributed by atoms with Crippen molar-refractivity contribution in [3.63, 3.8) is 0 Å². The fraction of sp³-hybridized carbons (Fsp3) is 0.917. The van der Waals surface area contributed by atoms with Crippen molar-refractivity contribution < 1.29 is 23.7 Å². The zero-order valence-corrected chi connectivity index (χ0v) is 11.1. The van der Waals surface area contributed by atoms with E-state index in [1.807, 2.05) is 13.8 Å². The Morgan fingerprint density at radius 3 is 2.78 bits per heavy atom. The van der Waals surface area contributed by atoms with Gasteiger partial charge in [0.05, 0.1) is 19.3 Å². The van der Waals surface area contributed by atoms with Crippen molar-refractivity contribution in [2.75, 3.05) is 19.8 Å². The quantitative estimate of drug-likeness (QED) is 0.457. The first-order chi connectivity index (χ1) is 8.46. The van der Waals surface area contributed by atoms with Crippen molar-refractivity contribution in [1.29, 1.82) is 5.41 Å². The number of hydrogen-bond acceptors (Lipinski definition) is 6. The molecule has 3 atom stereocenters. The van der Waals surface area contributed by atoms with Crippen LogP contribution >= 0.6 is 0 Å². The molecule has 2 aliphatic heterocycles. The van der Waals surface area contributed by atoms with Crippen LogP contribution in [0, 0.1) is 5.41 Å². The lowest BCUT2D eigenvalue weighted by Gasteiger charge is -2.20. The minimum atomic E-state index is -0.545. The highest BCUT2D eigenvalue weighted by atomic mass is 16.8. The van der Waals surface area contributed by atoms with Crippen molar-refractivity contribution in [2.45, 2.75) is 51.5 Å². The molecule has 0 radical (unpaired) electrons. The summed E-state index contributed by atoms with van der Waals surface area (Å²) in [6.45, 7) is 6.72. The van der Waals surface area contributed by atoms with Crippen molar-refractivity contribution in [2.24, 2.45) is 0 Å². The van der Waals surface area contributed by atoms with Gasteiger partial charge in [-0.15, -0.1) is 0 Å². The van der Waals surface area contributed by atoms with Gasteiger partial charge in [0.15, 0.2) is 18.0 Å². The second-order valence-electron chi connectivity index (χ2n) is 5.02. The van der Waals surface area contributed by atoms with Crippen molar-refractivity contribution in [1.82, 2.24) is 0 Å². The third-order valence-electron chi connectivity index (χ3n) is 2.81. The molecule has 0 aliphatic carbocycles. The smallest absolute Gasteiger partial charge is 0.187 e. The van der Waals surface area contributed by atoms with Gasteiger partial charge in [-0.25, -0.2) is 0 Å². The first-order valence-corrected chi connectivity index (χ1v) is 6.23. The predicted molar refractivity (Wildman–Crippen MR) is 63.5 cm³/mol. The third kappa shape index (κ3) is 3.65. The topological polar surface area (TPSA) is 70.0 Å². The lowest BCUT2D eigenvalue weighted by molar-refractivity contribution is -0.209. The van der Waals surface area contributed by atoms with Gasteiger partial charge in [0.2, 0.25) is 0 Å². The molecule has 0 aromatic heterocycles. The molecule has 0 amide bonds. The minimum Gasteiger partial charge on any atom is -0.479 e. The van der Waals surface area contributed by atoms with Crippen LogP contribution in [0.5, 0.6) is 0 Å². The molecule has 0 saturated carbocycles. The molecule has 6 nitrogen and oxygen atoms in total. The fourth-order valence-corrected chi connectivity index (χ4v) is 2.16. The van der Waals surface area contributed by atoms with E-state index in [0.29, 0.717) is 19.8 Å². The number of rotatable bonds is 5. The van der Waals surface area contributed by atoms with Crippen molar-refractivity contribution in [3.05, 3.63) is 0 Å². The summed E-state index contributed by atoms with van der Waals surface area (Å²) >= 11 is 0. The Bertz CT molecular complexity index is 291. The summed E-state index contributed by atoms with van der Waals surface area (Å²) in [5.41, 5.74) is 0. The molecule has 0 aromatic carbocycles. The van der Waals surface area contributed by atoms with Gasteiger partial charge in [-0.3, -0.25) is 5.41 Å². The minimum absolute atomic E-state index is 0.00803. The molecule has 2 aliphatic rings. The molecular formula is C12H21NO5. The van der Waals surface area contributed by atoms with Crippen LogP contribution < -0.4 is 0 Å². The van der Waals surface area contributed by atoms with Crippen LogP contribution in [0.3, 0.4) is 0 Å². The summed E-state index contributed by atoms with van der Waals surface area (Å²) in [5.74, 6) is -0.342. The highest BCUT2D eigenvalue weighted by Crippen LogP contribution is 2.36. The van der Waals surface area contributed by atoms with E-state index in [2.05, 4.69) is 0 Å². The number of ether oxygens (including phenoxy) is 5. The molecule has 0 spiro atoms. The number of hydrogen-bond donors (Lipinski definition) is 1. The van der Waals surface area contributed by atoms with Crippen molar-refractivity contribution in [3.8, 4) is 0 Å². The van der Waals surface area contributed by atoms with Crippen LogP contribution in [0.25, 0.3) is 0 Å². The molecule has 0 bridgehead atoms. The van der Waals surface area contributed by atoms with Crippen LogP contribution in [0.4, 0.5) is 0 Å². The summed E-state index contributed by atoms with van der Waals surface area (Å²) < 4.78 is 27.4. The molecule has 2 fully saturated rings. The lowest BCUT2D eigenvalue weighted by atomic mass is 10.2. The van der Waals surface area contributed by atoms with E-state index >= 15 is 0 Å². The molecule has 6 heteroatoms. The van der Waals surface area contributed by atoms with E-state index in [1.54, 1.807) is 6.92 Å². The first kappa shape index (κ1) is 13.7. The third-order valence-corrected chi connectivity index (χ3v) is 2.81. The summed E-state index contributed by atoms with van der Waals surface area (Å²) in [7, 11) is 0. The molecule has 2 rings (SSSR count). The maximum absolute atomic E-state index is 7.08. The standard InChI is InChI=1S/C12H21NO5/c1-8(13)15-5-4-14-7-9-6-10-11(16-9)18-12(2,3)17-10/h9-11,13H,4-7H2,1-3H3. The zero-order valence-electron chi connectivity index (χ0n) is 11.1. The Morgan fingerprint density at radius 1 is 1.33 bits per heavy atom. The van der Waals surface area contributed by atoms with Crippen LogP contribution in [0.1, 0.15) is 27.2 Å². The second kappa shape index (κ2) is 5.52. The van der Waals surface area contributed by atoms with Crippen LogP contribution in [-0.2, 0) is 23.7 Å². The van der Waals surface area contributed by atoms with Gasteiger partial charge in [-0.2, -0.15) is 0 Å². The van der Waals surface area contributed by atoms with Gasteiger partial charge in [0, 0.05) is 13.3 Å². The highest BCUT2D eigenvalue weighted by Gasteiger charge is 2.48. The van der Waals surface area contributed by atoms with Gasteiger partial charge in [0.25, 0.3) is 0 Å². The molecule has 18 heavy (non-hydrogen) atoms. The molecule has 2 heterocycles. The van der Waals surface area contributed by atoms with E-state index in [1.165, 1.54) is 0 Å². The number of fused-ring (bicyclic) bond motifs is 1. The number of nitrogens with one attached hydrogen (secondary N) is 1. The first-order valence-electron chi connectivity index (χ1n) is 6.23. The maximum Gasteiger partial charge on any atom is 0.187 e. The van der Waals surface area contributed by atoms with Crippen LogP contribution in [-0.4, -0.2) is 50.0 Å². The van der Waals surface area contributed by atoms with E-state index < -0.39 is 5.79 Å². The average molecular weight is 259 g/mol.